The first-order chi connectivity index (χ1) is 10.7. The van der Waals surface area contributed by atoms with Crippen LogP contribution in [0.5, 0.6) is 0 Å². The third-order valence-corrected chi connectivity index (χ3v) is 4.41. The van der Waals surface area contributed by atoms with Crippen molar-refractivity contribution in [2.45, 2.75) is 38.6 Å². The first-order valence-electron chi connectivity index (χ1n) is 7.97. The van der Waals surface area contributed by atoms with Gasteiger partial charge in [0.15, 0.2) is 0 Å². The zero-order valence-corrected chi connectivity index (χ0v) is 13.2. The van der Waals surface area contributed by atoms with Crippen molar-refractivity contribution < 1.29 is 4.79 Å². The van der Waals surface area contributed by atoms with Gasteiger partial charge in [-0.15, -0.1) is 0 Å². The molecule has 1 amide bonds. The fraction of sp³-hybridized carbons (Fsp3) is 0.368. The van der Waals surface area contributed by atoms with E-state index in [2.05, 4.69) is 37.0 Å². The average Bonchev–Trinajstić information content (AvgIpc) is 3.04. The summed E-state index contributed by atoms with van der Waals surface area (Å²) in [5.74, 6) is 0.612. The van der Waals surface area contributed by atoms with Gasteiger partial charge in [-0.1, -0.05) is 32.0 Å². The van der Waals surface area contributed by atoms with E-state index in [1.807, 2.05) is 29.3 Å². The third-order valence-electron chi connectivity index (χ3n) is 4.41. The van der Waals surface area contributed by atoms with Gasteiger partial charge in [0.25, 0.3) is 5.91 Å². The summed E-state index contributed by atoms with van der Waals surface area (Å²) in [7, 11) is 0. The lowest BCUT2D eigenvalue weighted by Gasteiger charge is -2.25. The maximum absolute atomic E-state index is 12.8. The van der Waals surface area contributed by atoms with Crippen molar-refractivity contribution >= 4 is 5.91 Å². The Hall–Kier alpha value is -2.16. The molecule has 1 unspecified atom stereocenters. The molecule has 1 aliphatic rings. The molecule has 1 saturated heterocycles. The van der Waals surface area contributed by atoms with E-state index in [0.29, 0.717) is 5.92 Å². The van der Waals surface area contributed by atoms with Crippen molar-refractivity contribution in [3.05, 3.63) is 65.5 Å². The minimum atomic E-state index is 0.127. The smallest absolute Gasteiger partial charge is 0.254 e. The van der Waals surface area contributed by atoms with E-state index in [1.54, 1.807) is 6.20 Å². The van der Waals surface area contributed by atoms with E-state index >= 15 is 0 Å². The van der Waals surface area contributed by atoms with Crippen LogP contribution in [0.25, 0.3) is 0 Å². The molecule has 1 aromatic heterocycles. The number of aromatic nitrogens is 1. The largest absolute Gasteiger partial charge is 0.332 e. The quantitative estimate of drug-likeness (QED) is 0.850. The summed E-state index contributed by atoms with van der Waals surface area (Å²) in [5.41, 5.74) is 3.18. The van der Waals surface area contributed by atoms with E-state index in [0.717, 1.165) is 30.5 Å². The van der Waals surface area contributed by atoms with Crippen LogP contribution >= 0.6 is 0 Å². The van der Waals surface area contributed by atoms with Gasteiger partial charge in [0.05, 0.1) is 6.04 Å². The summed E-state index contributed by atoms with van der Waals surface area (Å²) in [5, 5.41) is 0. The second-order valence-corrected chi connectivity index (χ2v) is 6.22. The second kappa shape index (κ2) is 6.30. The lowest BCUT2D eigenvalue weighted by atomic mass is 10.0. The van der Waals surface area contributed by atoms with Gasteiger partial charge in [0.1, 0.15) is 0 Å². The van der Waals surface area contributed by atoms with Crippen LogP contribution in [0.3, 0.4) is 0 Å². The molecule has 0 radical (unpaired) electrons. The molecule has 1 aromatic carbocycles. The van der Waals surface area contributed by atoms with Gasteiger partial charge in [-0.3, -0.25) is 9.78 Å². The molecule has 2 aromatic rings. The average molecular weight is 294 g/mol. The van der Waals surface area contributed by atoms with Crippen LogP contribution in [0.4, 0.5) is 0 Å². The van der Waals surface area contributed by atoms with Crippen LogP contribution in [-0.4, -0.2) is 22.3 Å². The maximum Gasteiger partial charge on any atom is 0.254 e. The SMILES string of the molecule is CC(C)c1ccc(C(=O)N2CCCC2c2cccnc2)cc1. The van der Waals surface area contributed by atoms with Crippen molar-refractivity contribution in [1.82, 2.24) is 9.88 Å². The molecule has 0 bridgehead atoms. The molecule has 0 N–H and O–H groups in total. The number of hydrogen-bond donors (Lipinski definition) is 0. The van der Waals surface area contributed by atoms with Gasteiger partial charge in [-0.2, -0.15) is 0 Å². The number of rotatable bonds is 3. The Labute approximate surface area is 132 Å². The standard InChI is InChI=1S/C19H22N2O/c1-14(2)15-7-9-16(10-8-15)19(22)21-12-4-6-18(21)17-5-3-11-20-13-17/h3,5,7-11,13-14,18H,4,6,12H2,1-2H3. The molecule has 1 aliphatic heterocycles. The number of hydrogen-bond acceptors (Lipinski definition) is 2. The van der Waals surface area contributed by atoms with E-state index in [9.17, 15) is 4.79 Å². The van der Waals surface area contributed by atoms with Crippen LogP contribution in [0.1, 0.15) is 60.1 Å². The van der Waals surface area contributed by atoms with Crippen LogP contribution in [-0.2, 0) is 0 Å². The summed E-state index contributed by atoms with van der Waals surface area (Å²) in [6.07, 6.45) is 5.71. The lowest BCUT2D eigenvalue weighted by Crippen LogP contribution is -2.30. The number of benzene rings is 1. The molecule has 3 heteroatoms. The van der Waals surface area contributed by atoms with E-state index < -0.39 is 0 Å². The van der Waals surface area contributed by atoms with Crippen LogP contribution in [0.15, 0.2) is 48.8 Å². The zero-order valence-electron chi connectivity index (χ0n) is 13.2. The van der Waals surface area contributed by atoms with Crippen molar-refractivity contribution in [2.75, 3.05) is 6.54 Å². The Kier molecular flexibility index (Phi) is 4.23. The Morgan fingerprint density at radius 1 is 1.23 bits per heavy atom. The summed E-state index contributed by atoms with van der Waals surface area (Å²) in [6.45, 7) is 5.15. The molecular formula is C19H22N2O. The monoisotopic (exact) mass is 294 g/mol. The molecule has 3 nitrogen and oxygen atoms in total. The summed E-state index contributed by atoms with van der Waals surface area (Å²) in [6, 6.07) is 12.2. The highest BCUT2D eigenvalue weighted by atomic mass is 16.2. The van der Waals surface area contributed by atoms with Crippen molar-refractivity contribution in [1.29, 1.82) is 0 Å². The molecule has 3 rings (SSSR count). The zero-order chi connectivity index (χ0) is 15.5. The van der Waals surface area contributed by atoms with Crippen molar-refractivity contribution in [3.8, 4) is 0 Å². The Bertz CT molecular complexity index is 634. The first-order valence-corrected chi connectivity index (χ1v) is 7.97. The summed E-state index contributed by atoms with van der Waals surface area (Å²) in [4.78, 5) is 19.0. The minimum absolute atomic E-state index is 0.127. The number of amides is 1. The fourth-order valence-corrected chi connectivity index (χ4v) is 3.11. The van der Waals surface area contributed by atoms with Gasteiger partial charge in [0.2, 0.25) is 0 Å². The summed E-state index contributed by atoms with van der Waals surface area (Å²) >= 11 is 0. The van der Waals surface area contributed by atoms with E-state index in [-0.39, 0.29) is 11.9 Å². The highest BCUT2D eigenvalue weighted by Crippen LogP contribution is 2.32. The Morgan fingerprint density at radius 2 is 2.00 bits per heavy atom. The molecule has 1 atom stereocenters. The molecular weight excluding hydrogens is 272 g/mol. The van der Waals surface area contributed by atoms with Gasteiger partial charge in [0, 0.05) is 24.5 Å². The molecule has 0 spiro atoms. The van der Waals surface area contributed by atoms with E-state index in [4.69, 9.17) is 0 Å². The van der Waals surface area contributed by atoms with Gasteiger partial charge in [-0.05, 0) is 48.1 Å². The molecule has 0 saturated carbocycles. The lowest BCUT2D eigenvalue weighted by molar-refractivity contribution is 0.0735. The van der Waals surface area contributed by atoms with Gasteiger partial charge in [-0.25, -0.2) is 0 Å². The van der Waals surface area contributed by atoms with Gasteiger partial charge < -0.3 is 4.90 Å². The highest BCUT2D eigenvalue weighted by Gasteiger charge is 2.30. The predicted octanol–water partition coefficient (Wildman–Crippen LogP) is 4.18. The van der Waals surface area contributed by atoms with Crippen LogP contribution < -0.4 is 0 Å². The van der Waals surface area contributed by atoms with Crippen LogP contribution in [0, 0.1) is 0 Å². The van der Waals surface area contributed by atoms with Gasteiger partial charge >= 0.3 is 0 Å². The molecule has 22 heavy (non-hydrogen) atoms. The number of likely N-dealkylation sites (tertiary alicyclic amines) is 1. The fourth-order valence-electron chi connectivity index (χ4n) is 3.11. The van der Waals surface area contributed by atoms with Crippen LogP contribution in [0.2, 0.25) is 0 Å². The number of carbonyl (C=O) groups excluding carboxylic acids is 1. The molecule has 114 valence electrons. The normalized spacial score (nSPS) is 18.0. The Morgan fingerprint density at radius 3 is 2.64 bits per heavy atom. The minimum Gasteiger partial charge on any atom is -0.332 e. The number of nitrogens with zero attached hydrogens (tertiary/aromatic N) is 2. The molecule has 2 heterocycles. The van der Waals surface area contributed by atoms with Crippen molar-refractivity contribution in [2.24, 2.45) is 0 Å². The number of carbonyl (C=O) groups is 1. The molecule has 1 fully saturated rings. The second-order valence-electron chi connectivity index (χ2n) is 6.22. The third kappa shape index (κ3) is 2.89. The predicted molar refractivity (Wildman–Crippen MR) is 87.8 cm³/mol. The highest BCUT2D eigenvalue weighted by molar-refractivity contribution is 5.94. The first kappa shape index (κ1) is 14.8. The van der Waals surface area contributed by atoms with E-state index in [1.165, 1.54) is 5.56 Å². The molecule has 0 aliphatic carbocycles. The maximum atomic E-state index is 12.8. The Balaban J connectivity index is 1.81. The topological polar surface area (TPSA) is 33.2 Å². The summed E-state index contributed by atoms with van der Waals surface area (Å²) < 4.78 is 0. The van der Waals surface area contributed by atoms with Crippen molar-refractivity contribution in [3.63, 3.8) is 0 Å². The number of pyridine rings is 1.